The summed E-state index contributed by atoms with van der Waals surface area (Å²) in [5.41, 5.74) is 0. The molecule has 1 N–H and O–H groups in total. The summed E-state index contributed by atoms with van der Waals surface area (Å²) >= 11 is 0. The molecule has 2 heteroatoms. The Morgan fingerprint density at radius 2 is 2.22 bits per heavy atom. The second kappa shape index (κ2) is 3.62. The molecule has 0 aromatic rings. The lowest BCUT2D eigenvalue weighted by Crippen LogP contribution is -2.23. The minimum Gasteiger partial charge on any atom is -0.870 e. The Morgan fingerprint density at radius 3 is 2.56 bits per heavy atom. The van der Waals surface area contributed by atoms with Crippen LogP contribution in [0.2, 0.25) is 0 Å². The van der Waals surface area contributed by atoms with Gasteiger partial charge in [-0.25, -0.2) is 4.58 Å². The smallest absolute Gasteiger partial charge is 0.149 e. The van der Waals surface area contributed by atoms with Crippen LogP contribution in [0.4, 0.5) is 0 Å². The van der Waals surface area contributed by atoms with E-state index < -0.39 is 0 Å². The Hall–Kier alpha value is -0.370. The lowest BCUT2D eigenvalue weighted by atomic mass is 10.1. The van der Waals surface area contributed by atoms with E-state index >= 15 is 0 Å². The first-order valence-electron chi connectivity index (χ1n) is 3.36. The van der Waals surface area contributed by atoms with E-state index in [2.05, 4.69) is 24.8 Å². The molecule has 1 atom stereocenters. The van der Waals surface area contributed by atoms with Gasteiger partial charge in [-0.05, 0) is 13.3 Å². The highest BCUT2D eigenvalue weighted by Gasteiger charge is 2.13. The van der Waals surface area contributed by atoms with Crippen molar-refractivity contribution in [3.05, 3.63) is 0 Å². The van der Waals surface area contributed by atoms with Crippen LogP contribution in [0, 0.1) is 0 Å². The van der Waals surface area contributed by atoms with Crippen LogP contribution in [0.1, 0.15) is 26.2 Å². The van der Waals surface area contributed by atoms with Gasteiger partial charge in [0.2, 0.25) is 0 Å². The zero-order chi connectivity index (χ0) is 5.98. The maximum absolute atomic E-state index is 2.31. The fraction of sp³-hybridized carbons (Fsp3) is 0.857. The SMILES string of the molecule is CC1CCCC=[N+]1C.[OH-]. The molecule has 0 amide bonds. The predicted molar refractivity (Wildman–Crippen MR) is 37.5 cm³/mol. The normalized spacial score (nSPS) is 26.4. The van der Waals surface area contributed by atoms with Crippen molar-refractivity contribution in [1.29, 1.82) is 0 Å². The molecule has 0 aromatic carbocycles. The zero-order valence-electron chi connectivity index (χ0n) is 6.17. The van der Waals surface area contributed by atoms with Gasteiger partial charge < -0.3 is 5.48 Å². The van der Waals surface area contributed by atoms with E-state index in [0.717, 1.165) is 6.04 Å². The number of hydrogen-bond acceptors (Lipinski definition) is 1. The van der Waals surface area contributed by atoms with E-state index in [1.165, 1.54) is 19.3 Å². The van der Waals surface area contributed by atoms with Gasteiger partial charge in [0.05, 0.1) is 0 Å². The first-order chi connectivity index (χ1) is 3.80. The van der Waals surface area contributed by atoms with Crippen LogP contribution in [0.3, 0.4) is 0 Å². The average molecular weight is 129 g/mol. The van der Waals surface area contributed by atoms with Crippen LogP contribution in [-0.2, 0) is 0 Å². The highest BCUT2D eigenvalue weighted by atomic mass is 16.0. The van der Waals surface area contributed by atoms with Gasteiger partial charge in [0.1, 0.15) is 19.3 Å². The maximum Gasteiger partial charge on any atom is 0.149 e. The Balaban J connectivity index is 0.000000640. The number of hydrogen-bond donors (Lipinski definition) is 0. The van der Waals surface area contributed by atoms with Crippen molar-refractivity contribution < 1.29 is 10.1 Å². The van der Waals surface area contributed by atoms with Gasteiger partial charge >= 0.3 is 0 Å². The molecule has 1 aliphatic heterocycles. The third-order valence-electron chi connectivity index (χ3n) is 1.94. The van der Waals surface area contributed by atoms with E-state index in [-0.39, 0.29) is 5.48 Å². The third kappa shape index (κ3) is 2.14. The Kier molecular flexibility index (Phi) is 3.47. The van der Waals surface area contributed by atoms with E-state index in [0.29, 0.717) is 0 Å². The van der Waals surface area contributed by atoms with Crippen molar-refractivity contribution in [3.8, 4) is 0 Å². The topological polar surface area (TPSA) is 33.0 Å². The summed E-state index contributed by atoms with van der Waals surface area (Å²) < 4.78 is 2.31. The molecule has 1 rings (SSSR count). The number of nitrogens with zero attached hydrogens (tertiary/aromatic N) is 1. The summed E-state index contributed by atoms with van der Waals surface area (Å²) in [6, 6.07) is 0.781. The second-order valence-electron chi connectivity index (χ2n) is 2.63. The molecule has 2 nitrogen and oxygen atoms in total. The van der Waals surface area contributed by atoms with E-state index in [1.54, 1.807) is 0 Å². The van der Waals surface area contributed by atoms with Gasteiger partial charge in [-0.1, -0.05) is 0 Å². The summed E-state index contributed by atoms with van der Waals surface area (Å²) in [7, 11) is 2.16. The van der Waals surface area contributed by atoms with E-state index in [1.807, 2.05) is 0 Å². The second-order valence-corrected chi connectivity index (χ2v) is 2.63. The van der Waals surface area contributed by atoms with Crippen LogP contribution >= 0.6 is 0 Å². The van der Waals surface area contributed by atoms with Crippen molar-refractivity contribution >= 4 is 6.21 Å². The largest absolute Gasteiger partial charge is 0.870 e. The Bertz CT molecular complexity index is 109. The molecule has 0 spiro atoms. The average Bonchev–Trinajstić information content (AvgIpc) is 1.77. The molecule has 54 valence electrons. The molecule has 9 heavy (non-hydrogen) atoms. The molecule has 1 unspecified atom stereocenters. The highest BCUT2D eigenvalue weighted by molar-refractivity contribution is 5.51. The molecule has 1 heterocycles. The molecule has 0 aromatic heterocycles. The van der Waals surface area contributed by atoms with Crippen LogP contribution in [-0.4, -0.2) is 29.4 Å². The highest BCUT2D eigenvalue weighted by Crippen LogP contribution is 2.06. The van der Waals surface area contributed by atoms with Crippen molar-refractivity contribution in [2.45, 2.75) is 32.2 Å². The van der Waals surface area contributed by atoms with Crippen LogP contribution < -0.4 is 0 Å². The summed E-state index contributed by atoms with van der Waals surface area (Å²) in [6.45, 7) is 2.27. The Labute approximate surface area is 56.5 Å². The van der Waals surface area contributed by atoms with E-state index in [9.17, 15) is 0 Å². The van der Waals surface area contributed by atoms with Crippen molar-refractivity contribution in [2.24, 2.45) is 0 Å². The van der Waals surface area contributed by atoms with Gasteiger partial charge in [-0.2, -0.15) is 0 Å². The predicted octanol–water partition coefficient (Wildman–Crippen LogP) is 1.10. The van der Waals surface area contributed by atoms with Crippen molar-refractivity contribution in [2.75, 3.05) is 7.05 Å². The molecule has 0 saturated heterocycles. The molecular formula is C7H15NO. The van der Waals surface area contributed by atoms with E-state index in [4.69, 9.17) is 0 Å². The molecule has 0 bridgehead atoms. The third-order valence-corrected chi connectivity index (χ3v) is 1.94. The van der Waals surface area contributed by atoms with Gasteiger partial charge in [-0.15, -0.1) is 0 Å². The summed E-state index contributed by atoms with van der Waals surface area (Å²) in [5, 5.41) is 0. The Morgan fingerprint density at radius 1 is 1.56 bits per heavy atom. The lowest BCUT2D eigenvalue weighted by molar-refractivity contribution is -0.535. The zero-order valence-corrected chi connectivity index (χ0v) is 6.17. The molecule has 0 saturated carbocycles. The molecule has 0 fully saturated rings. The van der Waals surface area contributed by atoms with Gasteiger partial charge in [0, 0.05) is 12.8 Å². The van der Waals surface area contributed by atoms with Crippen LogP contribution in [0.25, 0.3) is 0 Å². The van der Waals surface area contributed by atoms with Crippen LogP contribution in [0.5, 0.6) is 0 Å². The maximum atomic E-state index is 2.31. The van der Waals surface area contributed by atoms with Crippen molar-refractivity contribution in [3.63, 3.8) is 0 Å². The fourth-order valence-electron chi connectivity index (χ4n) is 1.09. The molecule has 1 aliphatic rings. The summed E-state index contributed by atoms with van der Waals surface area (Å²) in [6.07, 6.45) is 6.31. The first-order valence-corrected chi connectivity index (χ1v) is 3.36. The lowest BCUT2D eigenvalue weighted by Gasteiger charge is -2.10. The molecular weight excluding hydrogens is 114 g/mol. The number of rotatable bonds is 0. The van der Waals surface area contributed by atoms with Crippen LogP contribution in [0.15, 0.2) is 0 Å². The summed E-state index contributed by atoms with van der Waals surface area (Å²) in [4.78, 5) is 0. The monoisotopic (exact) mass is 129 g/mol. The summed E-state index contributed by atoms with van der Waals surface area (Å²) in [5.74, 6) is 0. The fourth-order valence-corrected chi connectivity index (χ4v) is 1.09. The van der Waals surface area contributed by atoms with Gasteiger partial charge in [-0.3, -0.25) is 0 Å². The minimum atomic E-state index is 0. The molecule has 0 radical (unpaired) electrons. The minimum absolute atomic E-state index is 0. The quantitative estimate of drug-likeness (QED) is 0.451. The van der Waals surface area contributed by atoms with Gasteiger partial charge in [0.25, 0.3) is 0 Å². The van der Waals surface area contributed by atoms with Crippen molar-refractivity contribution in [1.82, 2.24) is 0 Å². The van der Waals surface area contributed by atoms with Gasteiger partial charge in [0.15, 0.2) is 0 Å². The first kappa shape index (κ1) is 8.63. The molecule has 0 aliphatic carbocycles. The standard InChI is InChI=1S/C7H14N.H2O/c1-7-5-3-4-6-8(7)2;/h6-7H,3-5H2,1-2H3;1H2/q+1;/p-1.